The standard InChI is InChI=1S/C15H18N2S/c1-11-10-18-14(17-11)15(16-2)9-5-7-12-6-3-4-8-13(12)15/h3-4,6,8,10,16H,5,7,9H2,1-2H3. The molecule has 3 heteroatoms. The quantitative estimate of drug-likeness (QED) is 0.894. The lowest BCUT2D eigenvalue weighted by Crippen LogP contribution is -2.43. The number of rotatable bonds is 2. The fourth-order valence-electron chi connectivity index (χ4n) is 2.97. The van der Waals surface area contributed by atoms with Crippen molar-refractivity contribution in [3.8, 4) is 0 Å². The Labute approximate surface area is 112 Å². The predicted molar refractivity (Wildman–Crippen MR) is 76.1 cm³/mol. The molecule has 2 aromatic rings. The van der Waals surface area contributed by atoms with Gasteiger partial charge >= 0.3 is 0 Å². The van der Waals surface area contributed by atoms with E-state index < -0.39 is 0 Å². The van der Waals surface area contributed by atoms with Gasteiger partial charge in [-0.1, -0.05) is 24.3 Å². The molecule has 1 aromatic carbocycles. The van der Waals surface area contributed by atoms with E-state index in [4.69, 9.17) is 4.98 Å². The minimum absolute atomic E-state index is 0.0756. The summed E-state index contributed by atoms with van der Waals surface area (Å²) in [6, 6.07) is 8.77. The van der Waals surface area contributed by atoms with Crippen molar-refractivity contribution < 1.29 is 0 Å². The van der Waals surface area contributed by atoms with E-state index in [1.807, 2.05) is 0 Å². The monoisotopic (exact) mass is 258 g/mol. The second-order valence-corrected chi connectivity index (χ2v) is 5.82. The Balaban J connectivity index is 2.18. The normalized spacial score (nSPS) is 22.8. The molecule has 0 bridgehead atoms. The van der Waals surface area contributed by atoms with Gasteiger partial charge in [0.15, 0.2) is 0 Å². The Bertz CT molecular complexity index is 561. The number of fused-ring (bicyclic) bond motifs is 1. The van der Waals surface area contributed by atoms with Crippen LogP contribution in [0.2, 0.25) is 0 Å². The van der Waals surface area contributed by atoms with Crippen LogP contribution in [0.1, 0.15) is 34.7 Å². The highest BCUT2D eigenvalue weighted by Crippen LogP contribution is 2.41. The van der Waals surface area contributed by atoms with Crippen LogP contribution in [0.25, 0.3) is 0 Å². The van der Waals surface area contributed by atoms with Gasteiger partial charge in [0.1, 0.15) is 5.01 Å². The molecule has 0 saturated carbocycles. The third-order valence-electron chi connectivity index (χ3n) is 3.89. The maximum Gasteiger partial charge on any atom is 0.118 e. The molecule has 1 aliphatic carbocycles. The van der Waals surface area contributed by atoms with Crippen LogP contribution in [0.4, 0.5) is 0 Å². The summed E-state index contributed by atoms with van der Waals surface area (Å²) >= 11 is 1.77. The Morgan fingerprint density at radius 1 is 1.33 bits per heavy atom. The molecule has 0 radical (unpaired) electrons. The first-order valence-electron chi connectivity index (χ1n) is 6.46. The Morgan fingerprint density at radius 3 is 2.89 bits per heavy atom. The SMILES string of the molecule is CNC1(c2nc(C)cs2)CCCc2ccccc21. The van der Waals surface area contributed by atoms with Gasteiger partial charge in [-0.3, -0.25) is 0 Å². The first-order valence-corrected chi connectivity index (χ1v) is 7.34. The van der Waals surface area contributed by atoms with E-state index in [1.165, 1.54) is 29.0 Å². The second-order valence-electron chi connectivity index (χ2n) is 4.96. The number of nitrogens with one attached hydrogen (secondary N) is 1. The van der Waals surface area contributed by atoms with E-state index >= 15 is 0 Å². The summed E-state index contributed by atoms with van der Waals surface area (Å²) in [5.41, 5.74) is 3.92. The first-order chi connectivity index (χ1) is 8.76. The summed E-state index contributed by atoms with van der Waals surface area (Å²) in [6.07, 6.45) is 3.54. The molecular weight excluding hydrogens is 240 g/mol. The van der Waals surface area contributed by atoms with Crippen LogP contribution in [-0.2, 0) is 12.0 Å². The van der Waals surface area contributed by atoms with Gasteiger partial charge in [-0.25, -0.2) is 4.98 Å². The highest BCUT2D eigenvalue weighted by Gasteiger charge is 2.38. The molecule has 1 aliphatic rings. The number of benzene rings is 1. The lowest BCUT2D eigenvalue weighted by molar-refractivity contribution is 0.368. The molecule has 0 fully saturated rings. The summed E-state index contributed by atoms with van der Waals surface area (Å²) in [6.45, 7) is 2.07. The van der Waals surface area contributed by atoms with Crippen molar-refractivity contribution >= 4 is 11.3 Å². The van der Waals surface area contributed by atoms with Crippen molar-refractivity contribution in [1.82, 2.24) is 10.3 Å². The lowest BCUT2D eigenvalue weighted by atomic mass is 9.77. The number of nitrogens with zero attached hydrogens (tertiary/aromatic N) is 1. The smallest absolute Gasteiger partial charge is 0.118 e. The second kappa shape index (κ2) is 4.48. The molecule has 0 amide bonds. The van der Waals surface area contributed by atoms with Crippen LogP contribution in [0.5, 0.6) is 0 Å². The van der Waals surface area contributed by atoms with E-state index in [2.05, 4.69) is 48.9 Å². The highest BCUT2D eigenvalue weighted by atomic mass is 32.1. The molecule has 0 saturated heterocycles. The van der Waals surface area contributed by atoms with Crippen molar-refractivity contribution in [3.05, 3.63) is 51.5 Å². The van der Waals surface area contributed by atoms with Crippen LogP contribution in [-0.4, -0.2) is 12.0 Å². The van der Waals surface area contributed by atoms with Crippen LogP contribution >= 0.6 is 11.3 Å². The number of hydrogen-bond acceptors (Lipinski definition) is 3. The molecule has 3 rings (SSSR count). The third-order valence-corrected chi connectivity index (χ3v) is 5.01. The number of hydrogen-bond donors (Lipinski definition) is 1. The topological polar surface area (TPSA) is 24.9 Å². The summed E-state index contributed by atoms with van der Waals surface area (Å²) in [5.74, 6) is 0. The average Bonchev–Trinajstić information content (AvgIpc) is 2.85. The van der Waals surface area contributed by atoms with E-state index in [-0.39, 0.29) is 5.54 Å². The predicted octanol–water partition coefficient (Wildman–Crippen LogP) is 3.25. The van der Waals surface area contributed by atoms with Crippen molar-refractivity contribution in [3.63, 3.8) is 0 Å². The number of thiazole rings is 1. The zero-order valence-corrected chi connectivity index (χ0v) is 11.7. The van der Waals surface area contributed by atoms with Crippen LogP contribution in [0.15, 0.2) is 29.6 Å². The minimum Gasteiger partial charge on any atom is -0.305 e. The molecule has 1 atom stereocenters. The molecule has 1 N–H and O–H groups in total. The Kier molecular flexibility index (Phi) is 2.96. The van der Waals surface area contributed by atoms with Gasteiger partial charge in [-0.2, -0.15) is 0 Å². The molecule has 1 aromatic heterocycles. The van der Waals surface area contributed by atoms with E-state index in [1.54, 1.807) is 11.3 Å². The van der Waals surface area contributed by atoms with Crippen molar-refractivity contribution in [2.75, 3.05) is 7.05 Å². The van der Waals surface area contributed by atoms with Gasteiger partial charge < -0.3 is 5.32 Å². The fourth-order valence-corrected chi connectivity index (χ4v) is 4.02. The van der Waals surface area contributed by atoms with Gasteiger partial charge in [-0.05, 0) is 44.4 Å². The molecular formula is C15H18N2S. The maximum absolute atomic E-state index is 4.73. The van der Waals surface area contributed by atoms with Crippen LogP contribution in [0, 0.1) is 6.92 Å². The average molecular weight is 258 g/mol. The lowest BCUT2D eigenvalue weighted by Gasteiger charge is -2.37. The third kappa shape index (κ3) is 1.70. The molecule has 0 spiro atoms. The van der Waals surface area contributed by atoms with E-state index in [0.717, 1.165) is 12.1 Å². The van der Waals surface area contributed by atoms with Gasteiger partial charge in [0, 0.05) is 11.1 Å². The van der Waals surface area contributed by atoms with Crippen LogP contribution in [0.3, 0.4) is 0 Å². The fraction of sp³-hybridized carbons (Fsp3) is 0.400. The molecule has 2 nitrogen and oxygen atoms in total. The zero-order chi connectivity index (χ0) is 12.6. The number of aryl methyl sites for hydroxylation is 2. The van der Waals surface area contributed by atoms with Crippen LogP contribution < -0.4 is 5.32 Å². The first kappa shape index (κ1) is 11.9. The van der Waals surface area contributed by atoms with Gasteiger partial charge in [0.2, 0.25) is 0 Å². The molecule has 1 unspecified atom stereocenters. The Hall–Kier alpha value is -1.19. The summed E-state index contributed by atoms with van der Waals surface area (Å²) in [5, 5.41) is 6.90. The highest BCUT2D eigenvalue weighted by molar-refractivity contribution is 7.09. The summed E-state index contributed by atoms with van der Waals surface area (Å²) in [7, 11) is 2.05. The summed E-state index contributed by atoms with van der Waals surface area (Å²) in [4.78, 5) is 4.73. The van der Waals surface area contributed by atoms with E-state index in [9.17, 15) is 0 Å². The molecule has 1 heterocycles. The van der Waals surface area contributed by atoms with Gasteiger partial charge in [-0.15, -0.1) is 11.3 Å². The zero-order valence-electron chi connectivity index (χ0n) is 10.9. The molecule has 18 heavy (non-hydrogen) atoms. The van der Waals surface area contributed by atoms with Crippen molar-refractivity contribution in [1.29, 1.82) is 0 Å². The largest absolute Gasteiger partial charge is 0.305 e. The molecule has 94 valence electrons. The van der Waals surface area contributed by atoms with E-state index in [0.29, 0.717) is 0 Å². The van der Waals surface area contributed by atoms with Crippen molar-refractivity contribution in [2.45, 2.75) is 31.7 Å². The maximum atomic E-state index is 4.73. The van der Waals surface area contributed by atoms with Gasteiger partial charge in [0.25, 0.3) is 0 Å². The number of aromatic nitrogens is 1. The Morgan fingerprint density at radius 2 is 2.17 bits per heavy atom. The molecule has 0 aliphatic heterocycles. The van der Waals surface area contributed by atoms with Crippen molar-refractivity contribution in [2.24, 2.45) is 0 Å². The van der Waals surface area contributed by atoms with Gasteiger partial charge in [0.05, 0.1) is 5.54 Å². The summed E-state index contributed by atoms with van der Waals surface area (Å²) < 4.78 is 0. The minimum atomic E-state index is -0.0756.